The average Bonchev–Trinajstić information content (AvgIpc) is 2.79. The molecule has 0 aliphatic carbocycles. The van der Waals surface area contributed by atoms with Crippen molar-refractivity contribution in [1.29, 1.82) is 0 Å². The molecule has 0 aromatic heterocycles. The topological polar surface area (TPSA) is 118 Å². The Labute approximate surface area is 248 Å². The molecule has 0 spiro atoms. The van der Waals surface area contributed by atoms with Gasteiger partial charge in [-0.2, -0.15) is 8.42 Å². The Morgan fingerprint density at radius 3 is 1.32 bits per heavy atom. The van der Waals surface area contributed by atoms with Gasteiger partial charge in [-0.05, 0) is 54.9 Å². The highest BCUT2D eigenvalue weighted by atomic mass is 35.7. The van der Waals surface area contributed by atoms with Crippen LogP contribution in [0.2, 0.25) is 0 Å². The van der Waals surface area contributed by atoms with Gasteiger partial charge in [0.2, 0.25) is 0 Å². The van der Waals surface area contributed by atoms with Crippen LogP contribution in [0, 0.1) is 36.5 Å². The van der Waals surface area contributed by atoms with Gasteiger partial charge in [-0.3, -0.25) is 4.18 Å². The van der Waals surface area contributed by atoms with Gasteiger partial charge in [0, 0.05) is 29.8 Å². The number of rotatable bonds is 8. The smallest absolute Gasteiger partial charge is 0.296 e. The lowest BCUT2D eigenvalue weighted by atomic mass is 9.80. The van der Waals surface area contributed by atoms with Crippen LogP contribution in [-0.2, 0) is 23.4 Å². The molecule has 0 bridgehead atoms. The van der Waals surface area contributed by atoms with Crippen LogP contribution in [0.15, 0.2) is 58.3 Å². The Bertz CT molecular complexity index is 1170. The van der Waals surface area contributed by atoms with Crippen LogP contribution in [-0.4, -0.2) is 46.9 Å². The van der Waals surface area contributed by atoms with E-state index in [9.17, 15) is 16.8 Å². The average molecular weight is 623 g/mol. The van der Waals surface area contributed by atoms with Crippen molar-refractivity contribution in [3.05, 3.63) is 59.7 Å². The molecule has 2 aromatic rings. The van der Waals surface area contributed by atoms with Crippen molar-refractivity contribution in [2.45, 2.75) is 86.0 Å². The third-order valence-electron chi connectivity index (χ3n) is 6.42. The molecule has 2 aromatic carbocycles. The van der Waals surface area contributed by atoms with Gasteiger partial charge in [0.05, 0.1) is 16.4 Å². The molecule has 7 nitrogen and oxygen atoms in total. The molecule has 232 valence electrons. The normalized spacial score (nSPS) is 12.8. The largest absolute Gasteiger partial charge is 0.396 e. The van der Waals surface area contributed by atoms with Gasteiger partial charge in [-0.1, -0.05) is 97.7 Å². The third kappa shape index (κ3) is 15.5. The summed E-state index contributed by atoms with van der Waals surface area (Å²) in [6.45, 7) is 18.5. The molecule has 1 unspecified atom stereocenters. The van der Waals surface area contributed by atoms with Crippen LogP contribution < -0.4 is 0 Å². The summed E-state index contributed by atoms with van der Waals surface area (Å²) in [5.74, 6) is 0.227. The quantitative estimate of drug-likeness (QED) is 0.241. The molecule has 1 atom stereocenters. The van der Waals surface area contributed by atoms with Crippen LogP contribution in [0.3, 0.4) is 0 Å². The minimum atomic E-state index is -3.64. The Kier molecular flexibility index (Phi) is 17.7. The number of benzene rings is 2. The van der Waals surface area contributed by atoms with Gasteiger partial charge in [-0.25, -0.2) is 8.42 Å². The Morgan fingerprint density at radius 1 is 0.725 bits per heavy atom. The fourth-order valence-electron chi connectivity index (χ4n) is 3.23. The number of aliphatic hydroxyl groups is 2. The van der Waals surface area contributed by atoms with Crippen molar-refractivity contribution in [3.63, 3.8) is 0 Å². The lowest BCUT2D eigenvalue weighted by molar-refractivity contribution is 0.0721. The van der Waals surface area contributed by atoms with Crippen LogP contribution >= 0.6 is 10.7 Å². The number of halogens is 1. The minimum Gasteiger partial charge on any atom is -0.396 e. The number of hydrogen-bond donors (Lipinski definition) is 2. The number of aliphatic hydroxyl groups excluding tert-OH is 2. The van der Waals surface area contributed by atoms with Crippen molar-refractivity contribution in [2.75, 3.05) is 19.8 Å². The molecule has 0 fully saturated rings. The highest BCUT2D eigenvalue weighted by molar-refractivity contribution is 8.13. The van der Waals surface area contributed by atoms with E-state index in [1.54, 1.807) is 36.4 Å². The summed E-state index contributed by atoms with van der Waals surface area (Å²) in [7, 11) is -2.11. The van der Waals surface area contributed by atoms with E-state index < -0.39 is 19.2 Å². The van der Waals surface area contributed by atoms with Crippen LogP contribution in [0.25, 0.3) is 0 Å². The molecule has 2 rings (SSSR count). The summed E-state index contributed by atoms with van der Waals surface area (Å²) in [6.07, 6.45) is 0.896. The van der Waals surface area contributed by atoms with Crippen molar-refractivity contribution < 1.29 is 31.2 Å². The third-order valence-corrected chi connectivity index (χ3v) is 9.09. The SMILES string of the molecule is C.CC(C)(C)C(CO)CO.CCC(COS(=O)(=O)c1ccc(C)cc1)C(C)(C)C.Cc1ccc(S(=O)(=O)Cl)cc1. The predicted octanol–water partition coefficient (Wildman–Crippen LogP) is 6.96. The standard InChI is InChI=1S/C15H24O3S.C7H7ClO2S.C7H16O2.CH4/c1-6-13(15(3,4)5)11-18-19(16,17)14-9-7-12(2)8-10-14;1-6-2-4-7(5-3-6)11(8,9)10;1-7(2,3)6(4-8)5-9;/h7-10,13H,6,11H2,1-5H3;2-5H,1H3;6,8-9H,4-5H2,1-3H3;1H4. The molecule has 0 saturated carbocycles. The fourth-order valence-corrected chi connectivity index (χ4v) is 4.95. The summed E-state index contributed by atoms with van der Waals surface area (Å²) < 4.78 is 50.8. The van der Waals surface area contributed by atoms with Gasteiger partial charge in [0.25, 0.3) is 19.2 Å². The monoisotopic (exact) mass is 622 g/mol. The van der Waals surface area contributed by atoms with E-state index in [0.717, 1.165) is 17.5 Å². The van der Waals surface area contributed by atoms with E-state index in [-0.39, 0.29) is 59.7 Å². The first-order valence-electron chi connectivity index (χ1n) is 12.9. The molecule has 0 radical (unpaired) electrons. The van der Waals surface area contributed by atoms with Gasteiger partial charge in [0.1, 0.15) is 0 Å². The predicted molar refractivity (Wildman–Crippen MR) is 166 cm³/mol. The Balaban J connectivity index is 0. The van der Waals surface area contributed by atoms with E-state index in [1.165, 1.54) is 12.1 Å². The zero-order valence-corrected chi connectivity index (χ0v) is 27.1. The van der Waals surface area contributed by atoms with Crippen LogP contribution in [0.5, 0.6) is 0 Å². The molecule has 0 saturated heterocycles. The molecule has 0 heterocycles. The molecule has 2 N–H and O–H groups in total. The molecule has 0 aliphatic rings. The van der Waals surface area contributed by atoms with E-state index in [2.05, 4.69) is 27.7 Å². The first kappa shape index (κ1) is 40.6. The summed E-state index contributed by atoms with van der Waals surface area (Å²) in [5, 5.41) is 17.4. The van der Waals surface area contributed by atoms with Gasteiger partial charge in [-0.15, -0.1) is 0 Å². The lowest BCUT2D eigenvalue weighted by Gasteiger charge is -2.29. The Morgan fingerprint density at radius 2 is 1.07 bits per heavy atom. The molecule has 40 heavy (non-hydrogen) atoms. The van der Waals surface area contributed by atoms with Crippen LogP contribution in [0.4, 0.5) is 0 Å². The second-order valence-corrected chi connectivity index (χ2v) is 15.9. The number of hydrogen-bond acceptors (Lipinski definition) is 7. The van der Waals surface area contributed by atoms with Crippen LogP contribution in [0.1, 0.15) is 73.4 Å². The van der Waals surface area contributed by atoms with E-state index in [1.807, 2.05) is 34.6 Å². The molecule has 0 amide bonds. The van der Waals surface area contributed by atoms with Gasteiger partial charge in [0.15, 0.2) is 0 Å². The molecule has 10 heteroatoms. The summed E-state index contributed by atoms with van der Waals surface area (Å²) in [5.41, 5.74) is 2.09. The summed E-state index contributed by atoms with van der Waals surface area (Å²) in [6, 6.07) is 13.1. The maximum Gasteiger partial charge on any atom is 0.296 e. The van der Waals surface area contributed by atoms with Crippen molar-refractivity contribution >= 4 is 29.9 Å². The molecular weight excluding hydrogens is 572 g/mol. The summed E-state index contributed by atoms with van der Waals surface area (Å²) >= 11 is 0. The number of aryl methyl sites for hydroxylation is 2. The maximum absolute atomic E-state index is 12.1. The van der Waals surface area contributed by atoms with Gasteiger partial charge >= 0.3 is 0 Å². The highest BCUT2D eigenvalue weighted by Crippen LogP contribution is 2.29. The first-order valence-corrected chi connectivity index (χ1v) is 16.6. The minimum absolute atomic E-state index is 0. The molecular formula is C30H51ClO7S2. The first-order chi connectivity index (χ1) is 17.7. The highest BCUT2D eigenvalue weighted by Gasteiger charge is 2.26. The second-order valence-electron chi connectivity index (χ2n) is 11.7. The van der Waals surface area contributed by atoms with Gasteiger partial charge < -0.3 is 10.2 Å². The molecule has 0 aliphatic heterocycles. The lowest BCUT2D eigenvalue weighted by Crippen LogP contribution is -2.26. The Hall–Kier alpha value is -1.49. The van der Waals surface area contributed by atoms with Crippen molar-refractivity contribution in [3.8, 4) is 0 Å². The summed E-state index contributed by atoms with van der Waals surface area (Å²) in [4.78, 5) is 0.367. The van der Waals surface area contributed by atoms with Crippen molar-refractivity contribution in [1.82, 2.24) is 0 Å². The van der Waals surface area contributed by atoms with Crippen molar-refractivity contribution in [2.24, 2.45) is 22.7 Å². The van der Waals surface area contributed by atoms with E-state index >= 15 is 0 Å². The zero-order valence-electron chi connectivity index (χ0n) is 24.7. The van der Waals surface area contributed by atoms with E-state index in [4.69, 9.17) is 25.1 Å². The fraction of sp³-hybridized carbons (Fsp3) is 0.600. The second kappa shape index (κ2) is 17.5. The zero-order chi connectivity index (χ0) is 30.7. The maximum atomic E-state index is 12.1. The van der Waals surface area contributed by atoms with E-state index in [0.29, 0.717) is 0 Å².